The SMILES string of the molecule is Cc1ccc(-c2nc(C(=O)NCCCOC(C)C)cs2)o1. The second-order valence-corrected chi connectivity index (χ2v) is 5.84. The summed E-state index contributed by atoms with van der Waals surface area (Å²) < 4.78 is 10.9. The van der Waals surface area contributed by atoms with Crippen LogP contribution in [0.15, 0.2) is 21.9 Å². The highest BCUT2D eigenvalue weighted by Crippen LogP contribution is 2.25. The van der Waals surface area contributed by atoms with Crippen molar-refractivity contribution in [3.8, 4) is 10.8 Å². The Morgan fingerprint density at radius 1 is 1.48 bits per heavy atom. The number of carbonyl (C=O) groups excluding carboxylic acids is 1. The van der Waals surface area contributed by atoms with Gasteiger partial charge >= 0.3 is 0 Å². The maximum absolute atomic E-state index is 12.0. The van der Waals surface area contributed by atoms with Crippen molar-refractivity contribution in [2.24, 2.45) is 0 Å². The summed E-state index contributed by atoms with van der Waals surface area (Å²) in [5.41, 5.74) is 0.425. The van der Waals surface area contributed by atoms with Crippen molar-refractivity contribution in [1.29, 1.82) is 0 Å². The first-order chi connectivity index (χ1) is 10.1. The third-order valence-corrected chi connectivity index (χ3v) is 3.60. The van der Waals surface area contributed by atoms with E-state index in [9.17, 15) is 4.79 Å². The van der Waals surface area contributed by atoms with Crippen LogP contribution in [-0.2, 0) is 4.74 Å². The molecule has 0 saturated heterocycles. The van der Waals surface area contributed by atoms with Gasteiger partial charge in [0.15, 0.2) is 10.8 Å². The number of aromatic nitrogens is 1. The van der Waals surface area contributed by atoms with Crippen molar-refractivity contribution < 1.29 is 13.9 Å². The van der Waals surface area contributed by atoms with E-state index in [1.54, 1.807) is 5.38 Å². The maximum atomic E-state index is 12.0. The Balaban J connectivity index is 1.82. The summed E-state index contributed by atoms with van der Waals surface area (Å²) in [4.78, 5) is 16.3. The van der Waals surface area contributed by atoms with Crippen LogP contribution in [0.3, 0.4) is 0 Å². The lowest BCUT2D eigenvalue weighted by atomic mass is 10.4. The Kier molecular flexibility index (Phi) is 5.52. The van der Waals surface area contributed by atoms with Gasteiger partial charge in [-0.25, -0.2) is 4.98 Å². The number of nitrogens with one attached hydrogen (secondary N) is 1. The van der Waals surface area contributed by atoms with Crippen LogP contribution in [0, 0.1) is 6.92 Å². The highest BCUT2D eigenvalue weighted by molar-refractivity contribution is 7.13. The van der Waals surface area contributed by atoms with E-state index in [0.29, 0.717) is 24.6 Å². The van der Waals surface area contributed by atoms with Gasteiger partial charge in [-0.1, -0.05) is 0 Å². The molecule has 0 aromatic carbocycles. The van der Waals surface area contributed by atoms with Gasteiger partial charge in [-0.3, -0.25) is 4.79 Å². The lowest BCUT2D eigenvalue weighted by Crippen LogP contribution is -2.25. The number of furan rings is 1. The van der Waals surface area contributed by atoms with Gasteiger partial charge in [0.1, 0.15) is 11.5 Å². The molecule has 0 radical (unpaired) electrons. The minimum absolute atomic E-state index is 0.162. The van der Waals surface area contributed by atoms with Crippen LogP contribution in [0.2, 0.25) is 0 Å². The predicted molar refractivity (Wildman–Crippen MR) is 82.6 cm³/mol. The van der Waals surface area contributed by atoms with Crippen LogP contribution in [0.5, 0.6) is 0 Å². The van der Waals surface area contributed by atoms with E-state index in [1.807, 2.05) is 32.9 Å². The first-order valence-electron chi connectivity index (χ1n) is 6.98. The summed E-state index contributed by atoms with van der Waals surface area (Å²) in [6, 6.07) is 3.74. The summed E-state index contributed by atoms with van der Waals surface area (Å²) in [5.74, 6) is 1.36. The fraction of sp³-hybridized carbons (Fsp3) is 0.467. The number of rotatable bonds is 7. The van der Waals surface area contributed by atoms with Gasteiger partial charge in [0.05, 0.1) is 6.10 Å². The molecule has 5 nitrogen and oxygen atoms in total. The lowest BCUT2D eigenvalue weighted by Gasteiger charge is -2.07. The molecule has 0 fully saturated rings. The summed E-state index contributed by atoms with van der Waals surface area (Å²) >= 11 is 1.40. The van der Waals surface area contributed by atoms with Crippen molar-refractivity contribution in [2.45, 2.75) is 33.3 Å². The van der Waals surface area contributed by atoms with Crippen LogP contribution in [0.1, 0.15) is 36.5 Å². The zero-order chi connectivity index (χ0) is 15.2. The molecule has 2 rings (SSSR count). The van der Waals surface area contributed by atoms with Crippen molar-refractivity contribution in [3.05, 3.63) is 29.0 Å². The van der Waals surface area contributed by atoms with Crippen molar-refractivity contribution in [2.75, 3.05) is 13.2 Å². The van der Waals surface area contributed by atoms with Gasteiger partial charge < -0.3 is 14.5 Å². The fourth-order valence-corrected chi connectivity index (χ4v) is 2.48. The van der Waals surface area contributed by atoms with Crippen LogP contribution in [0.4, 0.5) is 0 Å². The standard InChI is InChI=1S/C15H20N2O3S/c1-10(2)19-8-4-7-16-14(18)12-9-21-15(17-12)13-6-5-11(3)20-13/h5-6,9-10H,4,7-8H2,1-3H3,(H,16,18). The van der Waals surface area contributed by atoms with Crippen molar-refractivity contribution in [1.82, 2.24) is 10.3 Å². The molecule has 1 amide bonds. The van der Waals surface area contributed by atoms with E-state index in [0.717, 1.165) is 17.2 Å². The molecule has 0 unspecified atom stereocenters. The average Bonchev–Trinajstić information content (AvgIpc) is 3.06. The molecule has 0 aliphatic heterocycles. The van der Waals surface area contributed by atoms with Gasteiger partial charge in [-0.2, -0.15) is 0 Å². The minimum atomic E-state index is -0.162. The molecule has 0 saturated carbocycles. The highest BCUT2D eigenvalue weighted by Gasteiger charge is 2.13. The molecule has 2 heterocycles. The fourth-order valence-electron chi connectivity index (χ4n) is 1.72. The normalized spacial score (nSPS) is 11.0. The van der Waals surface area contributed by atoms with Gasteiger partial charge in [-0.15, -0.1) is 11.3 Å². The Morgan fingerprint density at radius 2 is 2.29 bits per heavy atom. The van der Waals surface area contributed by atoms with Gasteiger partial charge in [-0.05, 0) is 39.3 Å². The largest absolute Gasteiger partial charge is 0.459 e. The van der Waals surface area contributed by atoms with E-state index in [2.05, 4.69) is 10.3 Å². The number of hydrogen-bond donors (Lipinski definition) is 1. The maximum Gasteiger partial charge on any atom is 0.270 e. The number of thiazole rings is 1. The number of hydrogen-bond acceptors (Lipinski definition) is 5. The zero-order valence-corrected chi connectivity index (χ0v) is 13.3. The molecule has 0 atom stereocenters. The third-order valence-electron chi connectivity index (χ3n) is 2.75. The van der Waals surface area contributed by atoms with Crippen molar-refractivity contribution in [3.63, 3.8) is 0 Å². The number of nitrogens with zero attached hydrogens (tertiary/aromatic N) is 1. The van der Waals surface area contributed by atoms with Gasteiger partial charge in [0.25, 0.3) is 5.91 Å². The van der Waals surface area contributed by atoms with Gasteiger partial charge in [0, 0.05) is 18.5 Å². The molecule has 0 spiro atoms. The summed E-state index contributed by atoms with van der Waals surface area (Å²) in [7, 11) is 0. The number of carbonyl (C=O) groups is 1. The monoisotopic (exact) mass is 308 g/mol. The summed E-state index contributed by atoms with van der Waals surface area (Å²) in [5, 5.41) is 5.30. The van der Waals surface area contributed by atoms with Crippen LogP contribution < -0.4 is 5.32 Å². The molecule has 0 aliphatic rings. The number of aryl methyl sites for hydroxylation is 1. The van der Waals surface area contributed by atoms with E-state index >= 15 is 0 Å². The van der Waals surface area contributed by atoms with Crippen LogP contribution in [0.25, 0.3) is 10.8 Å². The molecule has 1 N–H and O–H groups in total. The zero-order valence-electron chi connectivity index (χ0n) is 12.5. The predicted octanol–water partition coefficient (Wildman–Crippen LogP) is 3.26. The van der Waals surface area contributed by atoms with E-state index in [4.69, 9.17) is 9.15 Å². The highest BCUT2D eigenvalue weighted by atomic mass is 32.1. The Bertz CT molecular complexity index is 589. The molecule has 0 bridgehead atoms. The molecular weight excluding hydrogens is 288 g/mol. The molecule has 114 valence electrons. The smallest absolute Gasteiger partial charge is 0.270 e. The van der Waals surface area contributed by atoms with Crippen LogP contribution >= 0.6 is 11.3 Å². The summed E-state index contributed by atoms with van der Waals surface area (Å²) in [6.07, 6.45) is 1.01. The average molecular weight is 308 g/mol. The molecule has 21 heavy (non-hydrogen) atoms. The Morgan fingerprint density at radius 3 is 2.95 bits per heavy atom. The summed E-state index contributed by atoms with van der Waals surface area (Å²) in [6.45, 7) is 7.09. The quantitative estimate of drug-likeness (QED) is 0.797. The van der Waals surface area contributed by atoms with E-state index in [-0.39, 0.29) is 12.0 Å². The number of ether oxygens (including phenoxy) is 1. The molecule has 2 aromatic heterocycles. The second-order valence-electron chi connectivity index (χ2n) is 4.98. The molecular formula is C15H20N2O3S. The molecule has 2 aromatic rings. The van der Waals surface area contributed by atoms with E-state index in [1.165, 1.54) is 11.3 Å². The Hall–Kier alpha value is -1.66. The number of amides is 1. The van der Waals surface area contributed by atoms with E-state index < -0.39 is 0 Å². The topological polar surface area (TPSA) is 64.4 Å². The van der Waals surface area contributed by atoms with Crippen LogP contribution in [-0.4, -0.2) is 30.1 Å². The van der Waals surface area contributed by atoms with Gasteiger partial charge in [0.2, 0.25) is 0 Å². The first kappa shape index (κ1) is 15.7. The lowest BCUT2D eigenvalue weighted by molar-refractivity contribution is 0.0756. The second kappa shape index (κ2) is 7.38. The molecule has 6 heteroatoms. The molecule has 0 aliphatic carbocycles. The third kappa shape index (κ3) is 4.68. The first-order valence-corrected chi connectivity index (χ1v) is 7.86. The Labute approximate surface area is 128 Å². The minimum Gasteiger partial charge on any atom is -0.459 e. The van der Waals surface area contributed by atoms with Crippen molar-refractivity contribution >= 4 is 17.2 Å².